The zero-order chi connectivity index (χ0) is 9.90. The molecule has 0 spiro atoms. The highest BCUT2D eigenvalue weighted by atomic mass is 15.3. The van der Waals surface area contributed by atoms with Gasteiger partial charge in [0.25, 0.3) is 0 Å². The van der Waals surface area contributed by atoms with E-state index in [0.29, 0.717) is 0 Å². The molecular formula is C10H15N3. The van der Waals surface area contributed by atoms with Crippen LogP contribution in [0.5, 0.6) is 0 Å². The first-order valence-electron chi connectivity index (χ1n) is 4.36. The Morgan fingerprint density at radius 2 is 2.31 bits per heavy atom. The summed E-state index contributed by atoms with van der Waals surface area (Å²) in [5.41, 5.74) is 6.20. The number of nitrogens with two attached hydrogens (primary N) is 1. The summed E-state index contributed by atoms with van der Waals surface area (Å²) in [7, 11) is 0. The molecule has 0 amide bonds. The van der Waals surface area contributed by atoms with Crippen LogP contribution in [-0.4, -0.2) is 15.3 Å². The standard InChI is InChI=1S/C10H15N3/c1-4-13-8-9(7-12-13)5-6-10(2,3)11/h7-8H,4,11H2,1-3H3. The molecule has 1 aromatic heterocycles. The van der Waals surface area contributed by atoms with Gasteiger partial charge in [-0.2, -0.15) is 5.10 Å². The maximum Gasteiger partial charge on any atom is 0.0722 e. The van der Waals surface area contributed by atoms with Gasteiger partial charge in [0, 0.05) is 12.7 Å². The smallest absolute Gasteiger partial charge is 0.0722 e. The molecular weight excluding hydrogens is 162 g/mol. The number of hydrogen-bond donors (Lipinski definition) is 1. The molecule has 0 saturated heterocycles. The molecule has 1 heterocycles. The fraction of sp³-hybridized carbons (Fsp3) is 0.500. The van der Waals surface area contributed by atoms with Gasteiger partial charge in [0.1, 0.15) is 0 Å². The zero-order valence-corrected chi connectivity index (χ0v) is 8.33. The fourth-order valence-corrected chi connectivity index (χ4v) is 0.834. The van der Waals surface area contributed by atoms with Gasteiger partial charge >= 0.3 is 0 Å². The SMILES string of the molecule is CCn1cc(C#CC(C)(C)N)cn1. The summed E-state index contributed by atoms with van der Waals surface area (Å²) in [4.78, 5) is 0. The minimum atomic E-state index is -0.436. The number of nitrogens with zero attached hydrogens (tertiary/aromatic N) is 2. The highest BCUT2D eigenvalue weighted by Crippen LogP contribution is 1.97. The lowest BCUT2D eigenvalue weighted by atomic mass is 10.1. The second kappa shape index (κ2) is 3.63. The molecule has 0 aliphatic carbocycles. The van der Waals surface area contributed by atoms with Crippen molar-refractivity contribution in [3.8, 4) is 11.8 Å². The second-order valence-electron chi connectivity index (χ2n) is 3.56. The Labute approximate surface area is 78.9 Å². The Kier molecular flexibility index (Phi) is 2.74. The Hall–Kier alpha value is -1.27. The third-order valence-electron chi connectivity index (χ3n) is 1.49. The molecule has 1 rings (SSSR count). The Morgan fingerprint density at radius 3 is 2.77 bits per heavy atom. The van der Waals surface area contributed by atoms with Crippen molar-refractivity contribution in [3.63, 3.8) is 0 Å². The number of aromatic nitrogens is 2. The first-order valence-corrected chi connectivity index (χ1v) is 4.36. The van der Waals surface area contributed by atoms with Gasteiger partial charge in [0.05, 0.1) is 17.3 Å². The van der Waals surface area contributed by atoms with E-state index in [1.165, 1.54) is 0 Å². The lowest BCUT2D eigenvalue weighted by Gasteiger charge is -2.06. The van der Waals surface area contributed by atoms with Crippen molar-refractivity contribution in [2.75, 3.05) is 0 Å². The second-order valence-corrected chi connectivity index (χ2v) is 3.56. The van der Waals surface area contributed by atoms with E-state index in [2.05, 4.69) is 16.9 Å². The fourth-order valence-electron chi connectivity index (χ4n) is 0.834. The van der Waals surface area contributed by atoms with E-state index in [1.54, 1.807) is 6.20 Å². The van der Waals surface area contributed by atoms with Gasteiger partial charge in [-0.25, -0.2) is 0 Å². The maximum absolute atomic E-state index is 5.72. The van der Waals surface area contributed by atoms with Crippen LogP contribution >= 0.6 is 0 Å². The lowest BCUT2D eigenvalue weighted by Crippen LogP contribution is -2.29. The van der Waals surface area contributed by atoms with Crippen LogP contribution in [0.4, 0.5) is 0 Å². The van der Waals surface area contributed by atoms with Gasteiger partial charge in [-0.1, -0.05) is 11.8 Å². The first-order chi connectivity index (χ1) is 6.01. The van der Waals surface area contributed by atoms with E-state index in [4.69, 9.17) is 5.73 Å². The van der Waals surface area contributed by atoms with Crippen LogP contribution in [-0.2, 0) is 6.54 Å². The van der Waals surface area contributed by atoms with Crippen LogP contribution < -0.4 is 5.73 Å². The molecule has 0 aromatic carbocycles. The summed E-state index contributed by atoms with van der Waals surface area (Å²) in [6, 6.07) is 0. The van der Waals surface area contributed by atoms with Crippen molar-refractivity contribution in [1.29, 1.82) is 0 Å². The minimum absolute atomic E-state index is 0.436. The number of rotatable bonds is 1. The van der Waals surface area contributed by atoms with Crippen molar-refractivity contribution in [2.24, 2.45) is 5.73 Å². The van der Waals surface area contributed by atoms with Gasteiger partial charge in [0.15, 0.2) is 0 Å². The Balaban J connectivity index is 2.78. The molecule has 3 nitrogen and oxygen atoms in total. The van der Waals surface area contributed by atoms with E-state index in [1.807, 2.05) is 31.6 Å². The Morgan fingerprint density at radius 1 is 1.62 bits per heavy atom. The van der Waals surface area contributed by atoms with Gasteiger partial charge in [0.2, 0.25) is 0 Å². The van der Waals surface area contributed by atoms with E-state index in [0.717, 1.165) is 12.1 Å². The summed E-state index contributed by atoms with van der Waals surface area (Å²) < 4.78 is 1.84. The number of hydrogen-bond acceptors (Lipinski definition) is 2. The highest BCUT2D eigenvalue weighted by Gasteiger charge is 2.03. The van der Waals surface area contributed by atoms with Gasteiger partial charge in [-0.3, -0.25) is 4.68 Å². The quantitative estimate of drug-likeness (QED) is 0.650. The summed E-state index contributed by atoms with van der Waals surface area (Å²) >= 11 is 0. The van der Waals surface area contributed by atoms with Crippen molar-refractivity contribution in [2.45, 2.75) is 32.9 Å². The van der Waals surface area contributed by atoms with Crippen LogP contribution in [0.2, 0.25) is 0 Å². The van der Waals surface area contributed by atoms with Crippen molar-refractivity contribution in [1.82, 2.24) is 9.78 Å². The highest BCUT2D eigenvalue weighted by molar-refractivity contribution is 5.32. The largest absolute Gasteiger partial charge is 0.316 e. The van der Waals surface area contributed by atoms with Crippen LogP contribution in [0.15, 0.2) is 12.4 Å². The molecule has 2 N–H and O–H groups in total. The van der Waals surface area contributed by atoms with E-state index in [9.17, 15) is 0 Å². The summed E-state index contributed by atoms with van der Waals surface area (Å²) in [5, 5.41) is 4.11. The van der Waals surface area contributed by atoms with Crippen LogP contribution in [0.3, 0.4) is 0 Å². The molecule has 0 fully saturated rings. The molecule has 0 bridgehead atoms. The van der Waals surface area contributed by atoms with E-state index < -0.39 is 5.54 Å². The Bertz CT molecular complexity index is 333. The first kappa shape index (κ1) is 9.82. The van der Waals surface area contributed by atoms with E-state index in [-0.39, 0.29) is 0 Å². The average Bonchev–Trinajstić information content (AvgIpc) is 2.47. The number of aryl methyl sites for hydroxylation is 1. The average molecular weight is 177 g/mol. The monoisotopic (exact) mass is 177 g/mol. The molecule has 0 atom stereocenters. The molecule has 70 valence electrons. The summed E-state index contributed by atoms with van der Waals surface area (Å²) in [6.07, 6.45) is 3.67. The van der Waals surface area contributed by atoms with Crippen LogP contribution in [0.25, 0.3) is 0 Å². The minimum Gasteiger partial charge on any atom is -0.316 e. The predicted molar refractivity (Wildman–Crippen MR) is 53.0 cm³/mol. The third kappa shape index (κ3) is 3.30. The van der Waals surface area contributed by atoms with E-state index >= 15 is 0 Å². The molecule has 0 saturated carbocycles. The normalized spacial score (nSPS) is 10.8. The molecule has 0 aliphatic rings. The summed E-state index contributed by atoms with van der Waals surface area (Å²) in [6.45, 7) is 6.67. The maximum atomic E-state index is 5.72. The third-order valence-corrected chi connectivity index (χ3v) is 1.49. The lowest BCUT2D eigenvalue weighted by molar-refractivity contribution is 0.659. The molecule has 13 heavy (non-hydrogen) atoms. The molecule has 3 heteroatoms. The van der Waals surface area contributed by atoms with Gasteiger partial charge in [-0.15, -0.1) is 0 Å². The zero-order valence-electron chi connectivity index (χ0n) is 8.33. The topological polar surface area (TPSA) is 43.8 Å². The molecule has 0 unspecified atom stereocenters. The van der Waals surface area contributed by atoms with Crippen molar-refractivity contribution >= 4 is 0 Å². The predicted octanol–water partition coefficient (Wildman–Crippen LogP) is 0.992. The molecule has 0 aliphatic heterocycles. The summed E-state index contributed by atoms with van der Waals surface area (Å²) in [5.74, 6) is 5.93. The molecule has 1 aromatic rings. The van der Waals surface area contributed by atoms with Crippen molar-refractivity contribution in [3.05, 3.63) is 18.0 Å². The van der Waals surface area contributed by atoms with Crippen LogP contribution in [0.1, 0.15) is 26.3 Å². The molecule has 0 radical (unpaired) electrons. The van der Waals surface area contributed by atoms with Crippen LogP contribution in [0, 0.1) is 11.8 Å². The van der Waals surface area contributed by atoms with Crippen molar-refractivity contribution < 1.29 is 0 Å². The van der Waals surface area contributed by atoms with Gasteiger partial charge < -0.3 is 5.73 Å². The van der Waals surface area contributed by atoms with Gasteiger partial charge in [-0.05, 0) is 20.8 Å².